The molecule has 1 N–H and O–H groups in total. The molecule has 0 saturated heterocycles. The lowest BCUT2D eigenvalue weighted by atomic mass is 10.1. The average molecular weight is 360 g/mol. The number of nitrogens with zero attached hydrogens (tertiary/aromatic N) is 1. The average Bonchev–Trinajstić information content (AvgIpc) is 2.61. The van der Waals surface area contributed by atoms with E-state index >= 15 is 0 Å². The molecule has 0 fully saturated rings. The first kappa shape index (κ1) is 19.0. The smallest absolute Gasteiger partial charge is 0.264 e. The van der Waals surface area contributed by atoms with Gasteiger partial charge >= 0.3 is 0 Å². The molecule has 2 aromatic rings. The number of nitrogens with one attached hydrogen (secondary N) is 1. The number of sulfonamides is 1. The van der Waals surface area contributed by atoms with E-state index < -0.39 is 10.0 Å². The Kier molecular flexibility index (Phi) is 5.85. The number of hydrogen-bond donors (Lipinski definition) is 1. The normalized spacial score (nSPS) is 12.5. The zero-order valence-electron chi connectivity index (χ0n) is 15.0. The van der Waals surface area contributed by atoms with E-state index in [9.17, 15) is 13.2 Å². The lowest BCUT2D eigenvalue weighted by molar-refractivity contribution is 0.0939. The predicted molar refractivity (Wildman–Crippen MR) is 100 cm³/mol. The van der Waals surface area contributed by atoms with E-state index in [1.165, 1.54) is 11.4 Å². The molecule has 0 heterocycles. The van der Waals surface area contributed by atoms with E-state index in [-0.39, 0.29) is 16.8 Å². The molecule has 0 saturated carbocycles. The van der Waals surface area contributed by atoms with Crippen LogP contribution in [0.3, 0.4) is 0 Å². The molecule has 0 bridgehead atoms. The number of carbonyl (C=O) groups excluding carboxylic acids is 1. The van der Waals surface area contributed by atoms with E-state index in [1.54, 1.807) is 55.5 Å². The molecule has 134 valence electrons. The lowest BCUT2D eigenvalue weighted by Crippen LogP contribution is -2.32. The van der Waals surface area contributed by atoms with Crippen molar-refractivity contribution in [3.8, 4) is 0 Å². The van der Waals surface area contributed by atoms with Crippen LogP contribution in [0.1, 0.15) is 36.2 Å². The molecule has 1 atom stereocenters. The highest BCUT2D eigenvalue weighted by Gasteiger charge is 2.22. The number of anilines is 1. The van der Waals surface area contributed by atoms with Crippen molar-refractivity contribution >= 4 is 21.6 Å². The molecule has 2 aromatic carbocycles. The quantitative estimate of drug-likeness (QED) is 0.859. The first-order valence-electron chi connectivity index (χ1n) is 8.23. The Morgan fingerprint density at radius 3 is 2.36 bits per heavy atom. The number of aryl methyl sites for hydroxylation is 1. The van der Waals surface area contributed by atoms with Crippen LogP contribution < -0.4 is 9.62 Å². The van der Waals surface area contributed by atoms with E-state index in [1.807, 2.05) is 13.8 Å². The summed E-state index contributed by atoms with van der Waals surface area (Å²) in [5.74, 6) is -0.155. The Labute approximate surface area is 149 Å². The predicted octanol–water partition coefficient (Wildman–Crippen LogP) is 3.35. The largest absolute Gasteiger partial charge is 0.350 e. The molecule has 0 spiro atoms. The van der Waals surface area contributed by atoms with Crippen LogP contribution in [0.5, 0.6) is 0 Å². The third-order valence-electron chi connectivity index (χ3n) is 4.19. The fourth-order valence-electron chi connectivity index (χ4n) is 2.44. The number of rotatable bonds is 6. The van der Waals surface area contributed by atoms with E-state index in [0.29, 0.717) is 11.3 Å². The number of amides is 1. The Morgan fingerprint density at radius 1 is 1.16 bits per heavy atom. The van der Waals surface area contributed by atoms with Gasteiger partial charge in [-0.05, 0) is 56.2 Å². The molecule has 0 aliphatic rings. The zero-order chi connectivity index (χ0) is 18.6. The van der Waals surface area contributed by atoms with Crippen LogP contribution in [0.25, 0.3) is 0 Å². The molecule has 5 nitrogen and oxygen atoms in total. The van der Waals surface area contributed by atoms with Crippen molar-refractivity contribution in [3.05, 3.63) is 59.7 Å². The minimum atomic E-state index is -3.64. The summed E-state index contributed by atoms with van der Waals surface area (Å²) in [6, 6.07) is 13.4. The second kappa shape index (κ2) is 7.70. The highest BCUT2D eigenvalue weighted by molar-refractivity contribution is 7.92. The molecule has 2 rings (SSSR count). The summed E-state index contributed by atoms with van der Waals surface area (Å²) in [4.78, 5) is 12.5. The van der Waals surface area contributed by atoms with Gasteiger partial charge in [0.05, 0.1) is 10.6 Å². The second-order valence-corrected chi connectivity index (χ2v) is 8.04. The summed E-state index contributed by atoms with van der Waals surface area (Å²) in [6.07, 6.45) is 0.848. The Bertz CT molecular complexity index is 848. The van der Waals surface area contributed by atoms with Crippen molar-refractivity contribution in [2.24, 2.45) is 0 Å². The van der Waals surface area contributed by atoms with Gasteiger partial charge in [0, 0.05) is 18.7 Å². The van der Waals surface area contributed by atoms with Crippen LogP contribution in [0, 0.1) is 6.92 Å². The van der Waals surface area contributed by atoms with Gasteiger partial charge in [-0.2, -0.15) is 0 Å². The van der Waals surface area contributed by atoms with Gasteiger partial charge < -0.3 is 5.32 Å². The van der Waals surface area contributed by atoms with Crippen LogP contribution >= 0.6 is 0 Å². The van der Waals surface area contributed by atoms with E-state index in [2.05, 4.69) is 5.32 Å². The fraction of sp³-hybridized carbons (Fsp3) is 0.316. The van der Waals surface area contributed by atoms with Crippen molar-refractivity contribution in [2.45, 2.75) is 38.1 Å². The monoisotopic (exact) mass is 360 g/mol. The maximum atomic E-state index is 12.7. The molecule has 0 radical (unpaired) electrons. The zero-order valence-corrected chi connectivity index (χ0v) is 15.8. The van der Waals surface area contributed by atoms with Crippen molar-refractivity contribution in [2.75, 3.05) is 11.4 Å². The summed E-state index contributed by atoms with van der Waals surface area (Å²) in [5.41, 5.74) is 1.79. The van der Waals surface area contributed by atoms with Gasteiger partial charge in [-0.1, -0.05) is 25.1 Å². The van der Waals surface area contributed by atoms with Crippen LogP contribution in [0.15, 0.2) is 53.4 Å². The molecular weight excluding hydrogens is 336 g/mol. The van der Waals surface area contributed by atoms with Crippen molar-refractivity contribution in [1.82, 2.24) is 5.32 Å². The van der Waals surface area contributed by atoms with E-state index in [0.717, 1.165) is 12.0 Å². The molecule has 0 aromatic heterocycles. The maximum absolute atomic E-state index is 12.7. The van der Waals surface area contributed by atoms with Gasteiger partial charge in [0.15, 0.2) is 0 Å². The van der Waals surface area contributed by atoms with Gasteiger partial charge in [-0.25, -0.2) is 8.42 Å². The summed E-state index contributed by atoms with van der Waals surface area (Å²) < 4.78 is 26.7. The standard InChI is InChI=1S/C19H24N2O3S/c1-5-15(3)20-19(22)16-11-12-18(14(2)13-16)21(4)25(23,24)17-9-7-6-8-10-17/h6-13,15H,5H2,1-4H3,(H,20,22)/t15-/m0/s1. The summed E-state index contributed by atoms with van der Waals surface area (Å²) in [7, 11) is -2.12. The summed E-state index contributed by atoms with van der Waals surface area (Å²) in [5, 5.41) is 2.91. The van der Waals surface area contributed by atoms with Crippen LogP contribution in [-0.2, 0) is 10.0 Å². The van der Waals surface area contributed by atoms with Gasteiger partial charge in [0.2, 0.25) is 0 Å². The molecule has 6 heteroatoms. The Balaban J connectivity index is 2.30. The lowest BCUT2D eigenvalue weighted by Gasteiger charge is -2.22. The number of benzene rings is 2. The highest BCUT2D eigenvalue weighted by Crippen LogP contribution is 2.26. The first-order valence-corrected chi connectivity index (χ1v) is 9.67. The molecule has 0 unspecified atom stereocenters. The van der Waals surface area contributed by atoms with Crippen molar-refractivity contribution < 1.29 is 13.2 Å². The Morgan fingerprint density at radius 2 is 1.80 bits per heavy atom. The highest BCUT2D eigenvalue weighted by atomic mass is 32.2. The van der Waals surface area contributed by atoms with Crippen molar-refractivity contribution in [3.63, 3.8) is 0 Å². The number of hydrogen-bond acceptors (Lipinski definition) is 3. The van der Waals surface area contributed by atoms with E-state index in [4.69, 9.17) is 0 Å². The van der Waals surface area contributed by atoms with Crippen LogP contribution in [0.4, 0.5) is 5.69 Å². The molecule has 0 aliphatic carbocycles. The van der Waals surface area contributed by atoms with Crippen LogP contribution in [-0.4, -0.2) is 27.4 Å². The van der Waals surface area contributed by atoms with Crippen LogP contribution in [0.2, 0.25) is 0 Å². The molecular formula is C19H24N2O3S. The minimum absolute atomic E-state index is 0.0913. The van der Waals surface area contributed by atoms with Gasteiger partial charge in [-0.15, -0.1) is 0 Å². The SMILES string of the molecule is CC[C@H](C)NC(=O)c1ccc(N(C)S(=O)(=O)c2ccccc2)c(C)c1. The van der Waals surface area contributed by atoms with Gasteiger partial charge in [0.1, 0.15) is 0 Å². The van der Waals surface area contributed by atoms with Gasteiger partial charge in [-0.3, -0.25) is 9.10 Å². The third-order valence-corrected chi connectivity index (χ3v) is 5.98. The van der Waals surface area contributed by atoms with Crippen molar-refractivity contribution in [1.29, 1.82) is 0 Å². The Hall–Kier alpha value is -2.34. The molecule has 0 aliphatic heterocycles. The fourth-order valence-corrected chi connectivity index (χ4v) is 3.72. The molecule has 1 amide bonds. The maximum Gasteiger partial charge on any atom is 0.264 e. The number of carbonyl (C=O) groups is 1. The third kappa shape index (κ3) is 4.20. The summed E-state index contributed by atoms with van der Waals surface area (Å²) in [6.45, 7) is 5.74. The second-order valence-electron chi connectivity index (χ2n) is 6.07. The minimum Gasteiger partial charge on any atom is -0.350 e. The first-order chi connectivity index (χ1) is 11.8. The molecule has 25 heavy (non-hydrogen) atoms. The van der Waals surface area contributed by atoms with Gasteiger partial charge in [0.25, 0.3) is 15.9 Å². The topological polar surface area (TPSA) is 66.5 Å². The summed E-state index contributed by atoms with van der Waals surface area (Å²) >= 11 is 0.